The summed E-state index contributed by atoms with van der Waals surface area (Å²) in [6, 6.07) is 8.53. The van der Waals surface area contributed by atoms with Crippen LogP contribution in [0, 0.1) is 5.92 Å². The summed E-state index contributed by atoms with van der Waals surface area (Å²) in [6.07, 6.45) is 9.22. The molecule has 0 bridgehead atoms. The Morgan fingerprint density at radius 3 is 2.50 bits per heavy atom. The lowest BCUT2D eigenvalue weighted by molar-refractivity contribution is -0.122. The molecule has 8 heteroatoms. The van der Waals surface area contributed by atoms with Crippen molar-refractivity contribution in [2.45, 2.75) is 96.7 Å². The maximum Gasteiger partial charge on any atom is 0.227 e. The van der Waals surface area contributed by atoms with Gasteiger partial charge in [-0.1, -0.05) is 62.0 Å². The highest BCUT2D eigenvalue weighted by Crippen LogP contribution is 2.34. The van der Waals surface area contributed by atoms with E-state index >= 15 is 0 Å². The molecule has 1 aromatic heterocycles. The van der Waals surface area contributed by atoms with Gasteiger partial charge in [-0.25, -0.2) is 0 Å². The van der Waals surface area contributed by atoms with Crippen LogP contribution >= 0.6 is 0 Å². The molecule has 1 atom stereocenters. The van der Waals surface area contributed by atoms with Gasteiger partial charge in [0.25, 0.3) is 0 Å². The zero-order chi connectivity index (χ0) is 25.4. The summed E-state index contributed by atoms with van der Waals surface area (Å²) in [5, 5.41) is 10.3. The Balaban J connectivity index is 1.24. The van der Waals surface area contributed by atoms with Crippen LogP contribution in [0.5, 0.6) is 0 Å². The summed E-state index contributed by atoms with van der Waals surface area (Å²) in [4.78, 5) is 31.4. The van der Waals surface area contributed by atoms with Gasteiger partial charge < -0.3 is 15.2 Å². The molecule has 2 aromatic rings. The standard InChI is InChI=1S/C28H41N5O3/c1-21-8-7-17-33(19-21)20-24-11-9-23(10-12-24)18-29-25(35)13-14-26-30-27(32-36-26)28(31-22(2)34)15-5-3-4-6-16-28/h9-12,21H,3-8,13-20H2,1-2H3,(H,29,35)(H,31,34). The Hall–Kier alpha value is -2.74. The molecule has 1 unspecified atom stereocenters. The van der Waals surface area contributed by atoms with E-state index in [2.05, 4.69) is 56.9 Å². The number of rotatable bonds is 9. The summed E-state index contributed by atoms with van der Waals surface area (Å²) in [6.45, 7) is 7.70. The van der Waals surface area contributed by atoms with Crippen LogP contribution in [0.15, 0.2) is 28.8 Å². The molecule has 2 amide bonds. The van der Waals surface area contributed by atoms with Gasteiger partial charge in [0, 0.05) is 39.4 Å². The molecule has 2 aliphatic rings. The lowest BCUT2D eigenvalue weighted by atomic mass is 9.89. The van der Waals surface area contributed by atoms with E-state index in [-0.39, 0.29) is 18.2 Å². The van der Waals surface area contributed by atoms with Crippen molar-refractivity contribution >= 4 is 11.8 Å². The summed E-state index contributed by atoms with van der Waals surface area (Å²) in [5.41, 5.74) is 1.84. The first-order chi connectivity index (χ1) is 17.4. The van der Waals surface area contributed by atoms with Gasteiger partial charge in [-0.2, -0.15) is 4.98 Å². The predicted molar refractivity (Wildman–Crippen MR) is 138 cm³/mol. The van der Waals surface area contributed by atoms with Crippen LogP contribution in [0.4, 0.5) is 0 Å². The topological polar surface area (TPSA) is 100 Å². The highest BCUT2D eigenvalue weighted by atomic mass is 16.5. The highest BCUT2D eigenvalue weighted by molar-refractivity contribution is 5.76. The molecule has 1 aliphatic heterocycles. The highest BCUT2D eigenvalue weighted by Gasteiger charge is 2.38. The first-order valence-electron chi connectivity index (χ1n) is 13.6. The van der Waals surface area contributed by atoms with E-state index in [9.17, 15) is 9.59 Å². The molecule has 8 nitrogen and oxygen atoms in total. The number of likely N-dealkylation sites (tertiary alicyclic amines) is 1. The van der Waals surface area contributed by atoms with E-state index in [4.69, 9.17) is 4.52 Å². The van der Waals surface area contributed by atoms with E-state index in [1.165, 1.54) is 38.4 Å². The van der Waals surface area contributed by atoms with Crippen LogP contribution in [0.3, 0.4) is 0 Å². The minimum atomic E-state index is -0.565. The third-order valence-corrected chi connectivity index (χ3v) is 7.49. The van der Waals surface area contributed by atoms with Crippen molar-refractivity contribution in [2.75, 3.05) is 13.1 Å². The number of carbonyl (C=O) groups excluding carboxylic acids is 2. The minimum Gasteiger partial charge on any atom is -0.352 e. The van der Waals surface area contributed by atoms with E-state index in [0.717, 1.165) is 56.6 Å². The second-order valence-corrected chi connectivity index (χ2v) is 10.8. The number of carbonyl (C=O) groups is 2. The van der Waals surface area contributed by atoms with Crippen LogP contribution in [0.25, 0.3) is 0 Å². The van der Waals surface area contributed by atoms with Crippen molar-refractivity contribution < 1.29 is 14.1 Å². The monoisotopic (exact) mass is 495 g/mol. The lowest BCUT2D eigenvalue weighted by Crippen LogP contribution is -2.45. The van der Waals surface area contributed by atoms with Gasteiger partial charge in [0.1, 0.15) is 5.54 Å². The molecule has 1 aromatic carbocycles. The first kappa shape index (κ1) is 26.3. The summed E-state index contributed by atoms with van der Waals surface area (Å²) in [5.74, 6) is 1.62. The van der Waals surface area contributed by atoms with Crippen LogP contribution < -0.4 is 10.6 Å². The lowest BCUT2D eigenvalue weighted by Gasteiger charge is -2.30. The first-order valence-corrected chi connectivity index (χ1v) is 13.6. The zero-order valence-corrected chi connectivity index (χ0v) is 21.9. The van der Waals surface area contributed by atoms with E-state index < -0.39 is 5.54 Å². The zero-order valence-electron chi connectivity index (χ0n) is 21.9. The van der Waals surface area contributed by atoms with Crippen LogP contribution in [-0.2, 0) is 34.6 Å². The SMILES string of the molecule is CC(=O)NC1(c2noc(CCC(=O)NCc3ccc(CN4CCCC(C)C4)cc3)n2)CCCCCC1. The Bertz CT molecular complexity index is 995. The molecule has 36 heavy (non-hydrogen) atoms. The molecule has 196 valence electrons. The van der Waals surface area contributed by atoms with Gasteiger partial charge in [0.2, 0.25) is 17.7 Å². The van der Waals surface area contributed by atoms with E-state index in [0.29, 0.717) is 24.7 Å². The molecule has 2 heterocycles. The molecule has 0 spiro atoms. The quantitative estimate of drug-likeness (QED) is 0.505. The molecule has 1 saturated heterocycles. The molecular formula is C28H41N5O3. The average Bonchev–Trinajstić information content (AvgIpc) is 3.22. The maximum atomic E-state index is 12.4. The Labute approximate surface area is 214 Å². The summed E-state index contributed by atoms with van der Waals surface area (Å²) in [7, 11) is 0. The molecule has 2 N–H and O–H groups in total. The van der Waals surface area contributed by atoms with Crippen LogP contribution in [0.1, 0.15) is 94.5 Å². The Morgan fingerprint density at radius 1 is 1.08 bits per heavy atom. The van der Waals surface area contributed by atoms with E-state index in [1.807, 2.05) is 0 Å². The van der Waals surface area contributed by atoms with Crippen LogP contribution in [-0.4, -0.2) is 39.9 Å². The van der Waals surface area contributed by atoms with E-state index in [1.54, 1.807) is 0 Å². The fourth-order valence-corrected chi connectivity index (χ4v) is 5.58. The molecular weight excluding hydrogens is 454 g/mol. The number of hydrogen-bond acceptors (Lipinski definition) is 6. The number of aryl methyl sites for hydroxylation is 1. The van der Waals surface area contributed by atoms with Gasteiger partial charge in [-0.05, 0) is 49.3 Å². The normalized spacial score (nSPS) is 20.4. The van der Waals surface area contributed by atoms with Crippen molar-refractivity contribution in [3.63, 3.8) is 0 Å². The third kappa shape index (κ3) is 7.38. The smallest absolute Gasteiger partial charge is 0.227 e. The maximum absolute atomic E-state index is 12.4. The van der Waals surface area contributed by atoms with Crippen LogP contribution in [0.2, 0.25) is 0 Å². The molecule has 2 fully saturated rings. The number of nitrogens with one attached hydrogen (secondary N) is 2. The Kier molecular flexibility index (Phi) is 9.13. The predicted octanol–water partition coefficient (Wildman–Crippen LogP) is 4.24. The van der Waals surface area contributed by atoms with Gasteiger partial charge in [-0.3, -0.25) is 14.5 Å². The number of piperidine rings is 1. The largest absolute Gasteiger partial charge is 0.352 e. The third-order valence-electron chi connectivity index (χ3n) is 7.49. The van der Waals surface area contributed by atoms with Gasteiger partial charge >= 0.3 is 0 Å². The Morgan fingerprint density at radius 2 is 1.81 bits per heavy atom. The molecule has 4 rings (SSSR count). The molecule has 1 aliphatic carbocycles. The van der Waals surface area contributed by atoms with Crippen molar-refractivity contribution in [1.29, 1.82) is 0 Å². The number of hydrogen-bond donors (Lipinski definition) is 2. The number of amides is 2. The number of nitrogens with zero attached hydrogens (tertiary/aromatic N) is 3. The fraction of sp³-hybridized carbons (Fsp3) is 0.643. The summed E-state index contributed by atoms with van der Waals surface area (Å²) < 4.78 is 5.46. The second kappa shape index (κ2) is 12.5. The molecule has 0 radical (unpaired) electrons. The molecule has 1 saturated carbocycles. The number of aromatic nitrogens is 2. The van der Waals surface area contributed by atoms with Crippen molar-refractivity contribution in [2.24, 2.45) is 5.92 Å². The van der Waals surface area contributed by atoms with Crippen molar-refractivity contribution in [1.82, 2.24) is 25.7 Å². The van der Waals surface area contributed by atoms with Crippen molar-refractivity contribution in [3.8, 4) is 0 Å². The number of benzene rings is 1. The van der Waals surface area contributed by atoms with Gasteiger partial charge in [-0.15, -0.1) is 0 Å². The average molecular weight is 496 g/mol. The second-order valence-electron chi connectivity index (χ2n) is 10.8. The minimum absolute atomic E-state index is 0.0489. The summed E-state index contributed by atoms with van der Waals surface area (Å²) >= 11 is 0. The van der Waals surface area contributed by atoms with Gasteiger partial charge in [0.15, 0.2) is 5.82 Å². The van der Waals surface area contributed by atoms with Crippen molar-refractivity contribution in [3.05, 3.63) is 47.1 Å². The fourth-order valence-electron chi connectivity index (χ4n) is 5.58. The van der Waals surface area contributed by atoms with Gasteiger partial charge in [0.05, 0.1) is 0 Å².